The van der Waals surface area contributed by atoms with Crippen molar-refractivity contribution < 1.29 is 0 Å². The molecule has 4 bridgehead atoms. The molecule has 0 heterocycles. The predicted octanol–water partition coefficient (Wildman–Crippen LogP) is 5.46. The molecule has 23 heavy (non-hydrogen) atoms. The Kier molecular flexibility index (Phi) is 3.10. The second kappa shape index (κ2) is 5.08. The summed E-state index contributed by atoms with van der Waals surface area (Å²) in [6.07, 6.45) is 8.83. The second-order valence-electron chi connectivity index (χ2n) is 8.63. The third-order valence-electron chi connectivity index (χ3n) is 6.85. The van der Waals surface area contributed by atoms with Crippen LogP contribution in [0.5, 0.6) is 0 Å². The Hall–Kier alpha value is -1.34. The normalized spacial score (nSPS) is 36.5. The highest BCUT2D eigenvalue weighted by molar-refractivity contribution is 5.86. The van der Waals surface area contributed by atoms with Crippen molar-refractivity contribution in [2.24, 2.45) is 17.8 Å². The van der Waals surface area contributed by atoms with E-state index in [1.807, 2.05) is 0 Å². The van der Waals surface area contributed by atoms with Gasteiger partial charge in [0.25, 0.3) is 0 Å². The van der Waals surface area contributed by atoms with E-state index in [1.165, 1.54) is 54.9 Å². The maximum atomic E-state index is 4.13. The van der Waals surface area contributed by atoms with Gasteiger partial charge < -0.3 is 5.32 Å². The standard InChI is InChI=1S/C22H27N/c1-15(20-8-4-6-19-5-2-3-7-21(19)20)23-22-12-16-9-17(13-22)11-18(10-16)14-22/h2-8,15-18,23H,9-14H2,1H3/t15-,16?,17?,18?,22?/m1/s1. The summed E-state index contributed by atoms with van der Waals surface area (Å²) in [6, 6.07) is 16.0. The van der Waals surface area contributed by atoms with E-state index in [4.69, 9.17) is 0 Å². The molecular weight excluding hydrogens is 278 g/mol. The molecule has 4 aliphatic carbocycles. The van der Waals surface area contributed by atoms with Crippen molar-refractivity contribution in [2.45, 2.75) is 57.0 Å². The zero-order chi connectivity index (χ0) is 15.4. The molecule has 1 nitrogen and oxygen atoms in total. The Morgan fingerprint density at radius 3 is 2.17 bits per heavy atom. The van der Waals surface area contributed by atoms with Crippen molar-refractivity contribution in [2.75, 3.05) is 0 Å². The van der Waals surface area contributed by atoms with Crippen molar-refractivity contribution in [3.8, 4) is 0 Å². The molecule has 1 atom stereocenters. The average Bonchev–Trinajstić information content (AvgIpc) is 2.52. The fourth-order valence-electron chi connectivity index (χ4n) is 6.45. The van der Waals surface area contributed by atoms with Crippen molar-refractivity contribution in [1.82, 2.24) is 5.32 Å². The molecule has 120 valence electrons. The van der Waals surface area contributed by atoms with E-state index in [2.05, 4.69) is 54.7 Å². The van der Waals surface area contributed by atoms with Gasteiger partial charge in [0.05, 0.1) is 0 Å². The van der Waals surface area contributed by atoms with Gasteiger partial charge in [-0.1, -0.05) is 42.5 Å². The Labute approximate surface area is 139 Å². The number of rotatable bonds is 3. The molecule has 0 saturated heterocycles. The molecule has 4 saturated carbocycles. The topological polar surface area (TPSA) is 12.0 Å². The zero-order valence-corrected chi connectivity index (χ0v) is 14.1. The van der Waals surface area contributed by atoms with Gasteiger partial charge in [0.15, 0.2) is 0 Å². The highest BCUT2D eigenvalue weighted by Gasteiger charge is 2.51. The quantitative estimate of drug-likeness (QED) is 0.794. The summed E-state index contributed by atoms with van der Waals surface area (Å²) in [5.41, 5.74) is 1.91. The van der Waals surface area contributed by atoms with Crippen LogP contribution in [0.2, 0.25) is 0 Å². The molecule has 1 heteroatoms. The summed E-state index contributed by atoms with van der Waals surface area (Å²) in [5.74, 6) is 3.02. The van der Waals surface area contributed by atoms with Gasteiger partial charge in [0.1, 0.15) is 0 Å². The fourth-order valence-corrected chi connectivity index (χ4v) is 6.45. The van der Waals surface area contributed by atoms with Crippen LogP contribution in [0.3, 0.4) is 0 Å². The van der Waals surface area contributed by atoms with Crippen LogP contribution in [0, 0.1) is 17.8 Å². The van der Waals surface area contributed by atoms with Crippen LogP contribution in [0.15, 0.2) is 42.5 Å². The van der Waals surface area contributed by atoms with Crippen LogP contribution >= 0.6 is 0 Å². The number of benzene rings is 2. The molecule has 2 aromatic rings. The van der Waals surface area contributed by atoms with E-state index in [0.29, 0.717) is 11.6 Å². The lowest BCUT2D eigenvalue weighted by atomic mass is 9.53. The minimum absolute atomic E-state index is 0.436. The lowest BCUT2D eigenvalue weighted by molar-refractivity contribution is -0.0244. The molecule has 1 N–H and O–H groups in total. The summed E-state index contributed by atoms with van der Waals surface area (Å²) in [7, 11) is 0. The molecule has 2 aromatic carbocycles. The van der Waals surface area contributed by atoms with Gasteiger partial charge in [-0.15, -0.1) is 0 Å². The number of fused-ring (bicyclic) bond motifs is 1. The molecule has 0 aliphatic heterocycles. The monoisotopic (exact) mass is 305 g/mol. The minimum Gasteiger partial charge on any atom is -0.305 e. The van der Waals surface area contributed by atoms with E-state index in [0.717, 1.165) is 17.8 Å². The zero-order valence-electron chi connectivity index (χ0n) is 14.1. The van der Waals surface area contributed by atoms with Crippen LogP contribution in [-0.2, 0) is 0 Å². The van der Waals surface area contributed by atoms with Crippen LogP contribution in [-0.4, -0.2) is 5.54 Å². The highest BCUT2D eigenvalue weighted by atomic mass is 15.0. The Balaban J connectivity index is 1.46. The first-order chi connectivity index (χ1) is 11.2. The molecule has 0 aromatic heterocycles. The third-order valence-corrected chi connectivity index (χ3v) is 6.85. The fraction of sp³-hybridized carbons (Fsp3) is 0.545. The first kappa shape index (κ1) is 14.0. The highest BCUT2D eigenvalue weighted by Crippen LogP contribution is 2.56. The Morgan fingerprint density at radius 1 is 0.870 bits per heavy atom. The van der Waals surface area contributed by atoms with E-state index in [1.54, 1.807) is 0 Å². The summed E-state index contributed by atoms with van der Waals surface area (Å²) in [5, 5.41) is 6.91. The summed E-state index contributed by atoms with van der Waals surface area (Å²) in [6.45, 7) is 2.38. The maximum Gasteiger partial charge on any atom is 0.0303 e. The van der Waals surface area contributed by atoms with Crippen LogP contribution in [0.1, 0.15) is 57.1 Å². The van der Waals surface area contributed by atoms with E-state index >= 15 is 0 Å². The molecule has 0 radical (unpaired) electrons. The van der Waals surface area contributed by atoms with Crippen molar-refractivity contribution in [3.63, 3.8) is 0 Å². The van der Waals surface area contributed by atoms with Gasteiger partial charge in [0.2, 0.25) is 0 Å². The Morgan fingerprint density at radius 2 is 1.48 bits per heavy atom. The molecule has 0 amide bonds. The first-order valence-corrected chi connectivity index (χ1v) is 9.46. The molecule has 0 unspecified atom stereocenters. The van der Waals surface area contributed by atoms with Gasteiger partial charge in [-0.3, -0.25) is 0 Å². The van der Waals surface area contributed by atoms with Gasteiger partial charge in [-0.25, -0.2) is 0 Å². The first-order valence-electron chi connectivity index (χ1n) is 9.46. The summed E-state index contributed by atoms with van der Waals surface area (Å²) < 4.78 is 0. The molecule has 0 spiro atoms. The van der Waals surface area contributed by atoms with E-state index < -0.39 is 0 Å². The average molecular weight is 305 g/mol. The van der Waals surface area contributed by atoms with Gasteiger partial charge in [-0.2, -0.15) is 0 Å². The van der Waals surface area contributed by atoms with E-state index in [9.17, 15) is 0 Å². The largest absolute Gasteiger partial charge is 0.305 e. The summed E-state index contributed by atoms with van der Waals surface area (Å²) >= 11 is 0. The van der Waals surface area contributed by atoms with Crippen LogP contribution < -0.4 is 5.32 Å². The molecule has 4 aliphatic rings. The molecular formula is C22H27N. The van der Waals surface area contributed by atoms with E-state index in [-0.39, 0.29) is 0 Å². The number of nitrogens with one attached hydrogen (secondary N) is 1. The lowest BCUT2D eigenvalue weighted by Crippen LogP contribution is -2.58. The van der Waals surface area contributed by atoms with Crippen LogP contribution in [0.4, 0.5) is 0 Å². The predicted molar refractivity (Wildman–Crippen MR) is 96.4 cm³/mol. The van der Waals surface area contributed by atoms with Gasteiger partial charge >= 0.3 is 0 Å². The van der Waals surface area contributed by atoms with Gasteiger partial charge in [0, 0.05) is 11.6 Å². The maximum absolute atomic E-state index is 4.13. The van der Waals surface area contributed by atoms with Crippen molar-refractivity contribution in [3.05, 3.63) is 48.0 Å². The number of hydrogen-bond donors (Lipinski definition) is 1. The Bertz CT molecular complexity index is 691. The number of hydrogen-bond acceptors (Lipinski definition) is 1. The lowest BCUT2D eigenvalue weighted by Gasteiger charge is -2.58. The van der Waals surface area contributed by atoms with Crippen molar-refractivity contribution >= 4 is 10.8 Å². The van der Waals surface area contributed by atoms with Crippen LogP contribution in [0.25, 0.3) is 10.8 Å². The van der Waals surface area contributed by atoms with Crippen molar-refractivity contribution in [1.29, 1.82) is 0 Å². The molecule has 6 rings (SSSR count). The minimum atomic E-state index is 0.436. The smallest absolute Gasteiger partial charge is 0.0303 e. The SMILES string of the molecule is C[C@@H](NC12CC3CC(CC(C3)C1)C2)c1cccc2ccccc12. The molecule has 4 fully saturated rings. The second-order valence-corrected chi connectivity index (χ2v) is 8.63. The summed E-state index contributed by atoms with van der Waals surface area (Å²) in [4.78, 5) is 0. The van der Waals surface area contributed by atoms with Gasteiger partial charge in [-0.05, 0) is 79.5 Å². The third kappa shape index (κ3) is 2.32.